The molecule has 0 radical (unpaired) electrons. The molecular weight excluding hydrogens is 214 g/mol. The minimum atomic E-state index is -0.165. The summed E-state index contributed by atoms with van der Waals surface area (Å²) in [5.41, 5.74) is 1.43. The Kier molecular flexibility index (Phi) is 2.19. The lowest BCUT2D eigenvalue weighted by atomic mass is 10.2. The van der Waals surface area contributed by atoms with Crippen LogP contribution in [-0.2, 0) is 0 Å². The van der Waals surface area contributed by atoms with Gasteiger partial charge in [0.15, 0.2) is 5.82 Å². The number of pyridine rings is 1. The molecule has 1 aromatic carbocycles. The van der Waals surface area contributed by atoms with Gasteiger partial charge in [0.25, 0.3) is 5.56 Å². The summed E-state index contributed by atoms with van der Waals surface area (Å²) in [5.74, 6) is 0.628. The van der Waals surface area contributed by atoms with Crippen LogP contribution in [0.2, 0.25) is 0 Å². The third-order valence-corrected chi connectivity index (χ3v) is 2.55. The van der Waals surface area contributed by atoms with Crippen LogP contribution in [0.25, 0.3) is 22.3 Å². The van der Waals surface area contributed by atoms with Gasteiger partial charge < -0.3 is 4.98 Å². The molecule has 0 atom stereocenters. The Morgan fingerprint density at radius 2 is 1.88 bits per heavy atom. The summed E-state index contributed by atoms with van der Waals surface area (Å²) in [6, 6.07) is 11.4. The highest BCUT2D eigenvalue weighted by atomic mass is 16.1. The van der Waals surface area contributed by atoms with Gasteiger partial charge in [-0.25, -0.2) is 9.97 Å². The summed E-state index contributed by atoms with van der Waals surface area (Å²) in [4.78, 5) is 22.7. The molecule has 0 unspecified atom stereocenters. The van der Waals surface area contributed by atoms with Crippen molar-refractivity contribution >= 4 is 10.9 Å². The third-order valence-electron chi connectivity index (χ3n) is 2.55. The number of aromatic amines is 1. The van der Waals surface area contributed by atoms with Crippen LogP contribution in [0.15, 0.2) is 53.6 Å². The van der Waals surface area contributed by atoms with E-state index in [-0.39, 0.29) is 5.56 Å². The first-order chi connectivity index (χ1) is 8.34. The summed E-state index contributed by atoms with van der Waals surface area (Å²) in [6.45, 7) is 0. The molecule has 0 spiro atoms. The van der Waals surface area contributed by atoms with Crippen LogP contribution in [-0.4, -0.2) is 15.0 Å². The van der Waals surface area contributed by atoms with Crippen molar-refractivity contribution in [2.75, 3.05) is 0 Å². The molecular formula is C13H9N3O. The zero-order valence-electron chi connectivity index (χ0n) is 8.92. The van der Waals surface area contributed by atoms with Crippen molar-refractivity contribution in [3.05, 3.63) is 59.1 Å². The lowest BCUT2D eigenvalue weighted by Crippen LogP contribution is -2.06. The van der Waals surface area contributed by atoms with Gasteiger partial charge >= 0.3 is 0 Å². The van der Waals surface area contributed by atoms with E-state index in [0.717, 1.165) is 5.56 Å². The average molecular weight is 223 g/mol. The van der Waals surface area contributed by atoms with Crippen LogP contribution in [0, 0.1) is 0 Å². The molecule has 0 aliphatic carbocycles. The van der Waals surface area contributed by atoms with E-state index in [1.54, 1.807) is 18.5 Å². The molecule has 0 saturated heterocycles. The van der Waals surface area contributed by atoms with Gasteiger partial charge in [0.2, 0.25) is 0 Å². The van der Waals surface area contributed by atoms with Gasteiger partial charge in [-0.05, 0) is 6.07 Å². The van der Waals surface area contributed by atoms with Crippen LogP contribution in [0.4, 0.5) is 0 Å². The molecule has 4 nitrogen and oxygen atoms in total. The molecule has 4 heteroatoms. The minimum Gasteiger partial charge on any atom is -0.328 e. The summed E-state index contributed by atoms with van der Waals surface area (Å²) in [5, 5.41) is 0.507. The smallest absolute Gasteiger partial charge is 0.258 e. The van der Waals surface area contributed by atoms with E-state index in [4.69, 9.17) is 0 Å². The molecule has 17 heavy (non-hydrogen) atoms. The number of rotatable bonds is 1. The average Bonchev–Trinajstić information content (AvgIpc) is 2.40. The fourth-order valence-corrected chi connectivity index (χ4v) is 1.70. The zero-order valence-corrected chi connectivity index (χ0v) is 8.92. The molecule has 0 bridgehead atoms. The van der Waals surface area contributed by atoms with Crippen molar-refractivity contribution in [3.8, 4) is 11.4 Å². The highest BCUT2D eigenvalue weighted by Crippen LogP contribution is 2.15. The maximum atomic E-state index is 11.5. The molecule has 2 aromatic heterocycles. The van der Waals surface area contributed by atoms with Crippen molar-refractivity contribution in [2.45, 2.75) is 0 Å². The largest absolute Gasteiger partial charge is 0.328 e. The quantitative estimate of drug-likeness (QED) is 0.686. The van der Waals surface area contributed by atoms with Crippen LogP contribution < -0.4 is 5.56 Å². The normalized spacial score (nSPS) is 10.6. The van der Waals surface area contributed by atoms with E-state index in [1.807, 2.05) is 30.3 Å². The summed E-state index contributed by atoms with van der Waals surface area (Å²) >= 11 is 0. The summed E-state index contributed by atoms with van der Waals surface area (Å²) < 4.78 is 0. The van der Waals surface area contributed by atoms with Crippen LogP contribution in [0.3, 0.4) is 0 Å². The van der Waals surface area contributed by atoms with Gasteiger partial charge in [-0.3, -0.25) is 4.79 Å². The predicted molar refractivity (Wildman–Crippen MR) is 65.6 cm³/mol. The standard InChI is InChI=1S/C13H9N3O/c17-13-10-8-15-12(9-4-2-1-3-5-9)16-11(10)6-7-14-13/h1-8H,(H,14,17). The number of H-pyrrole nitrogens is 1. The van der Waals surface area contributed by atoms with E-state index < -0.39 is 0 Å². The van der Waals surface area contributed by atoms with Gasteiger partial charge in [0.1, 0.15) is 0 Å². The number of nitrogens with one attached hydrogen (secondary N) is 1. The van der Waals surface area contributed by atoms with Crippen molar-refractivity contribution in [3.63, 3.8) is 0 Å². The van der Waals surface area contributed by atoms with Crippen LogP contribution >= 0.6 is 0 Å². The molecule has 0 aliphatic rings. The van der Waals surface area contributed by atoms with Crippen LogP contribution in [0.1, 0.15) is 0 Å². The van der Waals surface area contributed by atoms with E-state index in [9.17, 15) is 4.79 Å². The second-order valence-corrected chi connectivity index (χ2v) is 3.67. The van der Waals surface area contributed by atoms with E-state index in [1.165, 1.54) is 0 Å². The molecule has 3 rings (SSSR count). The topological polar surface area (TPSA) is 58.6 Å². The molecule has 0 saturated carbocycles. The fourth-order valence-electron chi connectivity index (χ4n) is 1.70. The highest BCUT2D eigenvalue weighted by molar-refractivity contribution is 5.78. The number of nitrogens with zero attached hydrogens (tertiary/aromatic N) is 2. The van der Waals surface area contributed by atoms with Gasteiger partial charge in [0.05, 0.1) is 10.9 Å². The number of fused-ring (bicyclic) bond motifs is 1. The van der Waals surface area contributed by atoms with Crippen molar-refractivity contribution < 1.29 is 0 Å². The van der Waals surface area contributed by atoms with Crippen molar-refractivity contribution in [1.29, 1.82) is 0 Å². The summed E-state index contributed by atoms with van der Waals surface area (Å²) in [7, 11) is 0. The molecule has 2 heterocycles. The van der Waals surface area contributed by atoms with Crippen molar-refractivity contribution in [1.82, 2.24) is 15.0 Å². The predicted octanol–water partition coefficient (Wildman–Crippen LogP) is 1.99. The Balaban J connectivity index is 2.25. The van der Waals surface area contributed by atoms with Crippen LogP contribution in [0.5, 0.6) is 0 Å². The van der Waals surface area contributed by atoms with E-state index >= 15 is 0 Å². The first kappa shape index (κ1) is 9.72. The number of benzene rings is 1. The Labute approximate surface area is 97.0 Å². The van der Waals surface area contributed by atoms with Gasteiger partial charge in [-0.1, -0.05) is 30.3 Å². The Bertz CT molecular complexity index is 719. The Hall–Kier alpha value is -2.49. The maximum absolute atomic E-state index is 11.5. The first-order valence-electron chi connectivity index (χ1n) is 5.24. The molecule has 3 aromatic rings. The van der Waals surface area contributed by atoms with Crippen molar-refractivity contribution in [2.24, 2.45) is 0 Å². The number of hydrogen-bond donors (Lipinski definition) is 1. The second kappa shape index (κ2) is 3.83. The SMILES string of the molecule is O=c1[nH]ccc2nc(-c3ccccc3)ncc12. The fraction of sp³-hybridized carbons (Fsp3) is 0. The molecule has 0 amide bonds. The Morgan fingerprint density at radius 1 is 1.06 bits per heavy atom. The number of aromatic nitrogens is 3. The number of hydrogen-bond acceptors (Lipinski definition) is 3. The summed E-state index contributed by atoms with van der Waals surface area (Å²) in [6.07, 6.45) is 3.15. The highest BCUT2D eigenvalue weighted by Gasteiger charge is 2.04. The van der Waals surface area contributed by atoms with E-state index in [2.05, 4.69) is 15.0 Å². The monoisotopic (exact) mass is 223 g/mol. The molecule has 0 fully saturated rings. The minimum absolute atomic E-state index is 0.165. The zero-order chi connectivity index (χ0) is 11.7. The lowest BCUT2D eigenvalue weighted by Gasteiger charge is -2.00. The molecule has 82 valence electrons. The van der Waals surface area contributed by atoms with Gasteiger partial charge in [-0.2, -0.15) is 0 Å². The third kappa shape index (κ3) is 1.69. The maximum Gasteiger partial charge on any atom is 0.258 e. The first-order valence-corrected chi connectivity index (χ1v) is 5.24. The van der Waals surface area contributed by atoms with Gasteiger partial charge in [-0.15, -0.1) is 0 Å². The molecule has 0 aliphatic heterocycles. The second-order valence-electron chi connectivity index (χ2n) is 3.67. The van der Waals surface area contributed by atoms with Gasteiger partial charge in [0, 0.05) is 18.0 Å². The lowest BCUT2D eigenvalue weighted by molar-refractivity contribution is 1.19. The molecule has 1 N–H and O–H groups in total. The van der Waals surface area contributed by atoms with E-state index in [0.29, 0.717) is 16.7 Å². The Morgan fingerprint density at radius 3 is 2.71 bits per heavy atom.